The highest BCUT2D eigenvalue weighted by Gasteiger charge is 1.94. The molecule has 0 aliphatic carbocycles. The number of aryl methyl sites for hydroxylation is 1. The molecule has 0 fully saturated rings. The molecule has 0 unspecified atom stereocenters. The second-order valence-electron chi connectivity index (χ2n) is 2.97. The first-order chi connectivity index (χ1) is 6.40. The number of benzene rings is 1. The summed E-state index contributed by atoms with van der Waals surface area (Å²) >= 11 is 0. The fraction of sp³-hybridized carbons (Fsp3) is 0.182. The third-order valence-corrected chi connectivity index (χ3v) is 2.11. The van der Waals surface area contributed by atoms with Gasteiger partial charge < -0.3 is 0 Å². The van der Waals surface area contributed by atoms with E-state index in [-0.39, 0.29) is 0 Å². The maximum atomic E-state index is 4.16. The predicted molar refractivity (Wildman–Crippen MR) is 52.9 cm³/mol. The molecule has 0 aliphatic heterocycles. The van der Waals surface area contributed by atoms with Gasteiger partial charge >= 0.3 is 0 Å². The molecule has 0 spiro atoms. The summed E-state index contributed by atoms with van der Waals surface area (Å²) in [6, 6.07) is 10.4. The number of hydrogen-bond donors (Lipinski definition) is 0. The van der Waals surface area contributed by atoms with E-state index in [4.69, 9.17) is 0 Å². The monoisotopic (exact) mass is 172 g/mol. The Hall–Kier alpha value is -1.57. The summed E-state index contributed by atoms with van der Waals surface area (Å²) in [6.45, 7) is 2.16. The van der Waals surface area contributed by atoms with E-state index >= 15 is 0 Å². The number of rotatable bonds is 2. The largest absolute Gasteiger partial charge is 0.241 e. The molecular formula is C11H12N2. The van der Waals surface area contributed by atoms with Crippen LogP contribution in [0.25, 0.3) is 5.69 Å². The molecule has 0 aliphatic rings. The maximum absolute atomic E-state index is 4.16. The molecule has 2 nitrogen and oxygen atoms in total. The molecule has 0 atom stereocenters. The van der Waals surface area contributed by atoms with Crippen LogP contribution in [-0.2, 0) is 6.42 Å². The maximum Gasteiger partial charge on any atom is 0.0645 e. The van der Waals surface area contributed by atoms with E-state index < -0.39 is 0 Å². The smallest absolute Gasteiger partial charge is 0.0645 e. The molecule has 0 saturated heterocycles. The molecule has 1 aromatic carbocycles. The summed E-state index contributed by atoms with van der Waals surface area (Å²) in [5.74, 6) is 0. The van der Waals surface area contributed by atoms with Crippen LogP contribution < -0.4 is 0 Å². The van der Waals surface area contributed by atoms with Gasteiger partial charge in [-0.15, -0.1) is 0 Å². The van der Waals surface area contributed by atoms with Crippen LogP contribution in [0.4, 0.5) is 0 Å². The summed E-state index contributed by atoms with van der Waals surface area (Å²) in [5.41, 5.74) is 2.47. The number of hydrogen-bond acceptors (Lipinski definition) is 1. The van der Waals surface area contributed by atoms with Crippen LogP contribution in [0.15, 0.2) is 42.7 Å². The topological polar surface area (TPSA) is 17.8 Å². The minimum Gasteiger partial charge on any atom is -0.241 e. The Bertz CT molecular complexity index is 359. The van der Waals surface area contributed by atoms with Crippen LogP contribution in [0.3, 0.4) is 0 Å². The van der Waals surface area contributed by atoms with Crippen molar-refractivity contribution in [2.75, 3.05) is 0 Å². The third kappa shape index (κ3) is 1.61. The molecule has 2 heteroatoms. The van der Waals surface area contributed by atoms with Crippen LogP contribution in [-0.4, -0.2) is 9.78 Å². The third-order valence-electron chi connectivity index (χ3n) is 2.11. The van der Waals surface area contributed by atoms with Crippen molar-refractivity contribution in [2.24, 2.45) is 0 Å². The van der Waals surface area contributed by atoms with Crippen molar-refractivity contribution in [3.63, 3.8) is 0 Å². The zero-order chi connectivity index (χ0) is 9.10. The Kier molecular flexibility index (Phi) is 2.13. The average molecular weight is 172 g/mol. The van der Waals surface area contributed by atoms with Gasteiger partial charge in [0, 0.05) is 12.4 Å². The minimum atomic E-state index is 1.08. The first-order valence-corrected chi connectivity index (χ1v) is 4.49. The highest BCUT2D eigenvalue weighted by molar-refractivity contribution is 5.33. The Morgan fingerprint density at radius 1 is 1.23 bits per heavy atom. The van der Waals surface area contributed by atoms with Crippen molar-refractivity contribution >= 4 is 0 Å². The van der Waals surface area contributed by atoms with Gasteiger partial charge in [0.2, 0.25) is 0 Å². The van der Waals surface area contributed by atoms with Crippen molar-refractivity contribution in [1.82, 2.24) is 9.78 Å². The second kappa shape index (κ2) is 3.44. The lowest BCUT2D eigenvalue weighted by atomic mass is 10.1. The van der Waals surface area contributed by atoms with E-state index in [2.05, 4.69) is 36.3 Å². The van der Waals surface area contributed by atoms with Crippen LogP contribution in [0.1, 0.15) is 12.5 Å². The van der Waals surface area contributed by atoms with E-state index in [1.54, 1.807) is 6.20 Å². The van der Waals surface area contributed by atoms with Gasteiger partial charge in [-0.05, 0) is 30.2 Å². The van der Waals surface area contributed by atoms with Gasteiger partial charge in [-0.2, -0.15) is 5.10 Å². The summed E-state index contributed by atoms with van der Waals surface area (Å²) in [7, 11) is 0. The predicted octanol–water partition coefficient (Wildman–Crippen LogP) is 2.43. The second-order valence-corrected chi connectivity index (χ2v) is 2.97. The van der Waals surface area contributed by atoms with Gasteiger partial charge in [-0.25, -0.2) is 4.68 Å². The van der Waals surface area contributed by atoms with Gasteiger partial charge in [-0.3, -0.25) is 0 Å². The molecule has 0 amide bonds. The minimum absolute atomic E-state index is 1.08. The fourth-order valence-corrected chi connectivity index (χ4v) is 1.31. The average Bonchev–Trinajstić information content (AvgIpc) is 2.71. The Labute approximate surface area is 77.8 Å². The van der Waals surface area contributed by atoms with Crippen LogP contribution >= 0.6 is 0 Å². The molecule has 66 valence electrons. The molecule has 0 N–H and O–H groups in total. The highest BCUT2D eigenvalue weighted by Crippen LogP contribution is 2.08. The molecule has 0 radical (unpaired) electrons. The van der Waals surface area contributed by atoms with Crippen LogP contribution in [0.5, 0.6) is 0 Å². The Balaban J connectivity index is 2.33. The van der Waals surface area contributed by atoms with Gasteiger partial charge in [0.1, 0.15) is 0 Å². The SMILES string of the molecule is CCc1ccc(-n2cccn2)cc1. The molecule has 2 rings (SSSR count). The number of aromatic nitrogens is 2. The zero-order valence-corrected chi connectivity index (χ0v) is 7.64. The first kappa shape index (κ1) is 8.05. The van der Waals surface area contributed by atoms with Crippen molar-refractivity contribution in [3.8, 4) is 5.69 Å². The van der Waals surface area contributed by atoms with Crippen molar-refractivity contribution in [2.45, 2.75) is 13.3 Å². The molecular weight excluding hydrogens is 160 g/mol. The Morgan fingerprint density at radius 3 is 2.54 bits per heavy atom. The fourth-order valence-electron chi connectivity index (χ4n) is 1.31. The van der Waals surface area contributed by atoms with Gasteiger partial charge in [0.25, 0.3) is 0 Å². The Morgan fingerprint density at radius 2 is 2.00 bits per heavy atom. The lowest BCUT2D eigenvalue weighted by Gasteiger charge is -2.01. The lowest BCUT2D eigenvalue weighted by Crippen LogP contribution is -1.93. The summed E-state index contributed by atoms with van der Waals surface area (Å²) in [4.78, 5) is 0. The van der Waals surface area contributed by atoms with E-state index in [1.165, 1.54) is 5.56 Å². The summed E-state index contributed by atoms with van der Waals surface area (Å²) in [6.07, 6.45) is 4.81. The van der Waals surface area contributed by atoms with E-state index in [0.29, 0.717) is 0 Å². The highest BCUT2D eigenvalue weighted by atomic mass is 15.3. The molecule has 1 heterocycles. The molecule has 0 saturated carbocycles. The summed E-state index contributed by atoms with van der Waals surface area (Å²) in [5, 5.41) is 4.16. The van der Waals surface area contributed by atoms with Gasteiger partial charge in [0.05, 0.1) is 5.69 Å². The lowest BCUT2D eigenvalue weighted by molar-refractivity contribution is 0.879. The molecule has 1 aromatic heterocycles. The van der Waals surface area contributed by atoms with E-state index in [1.807, 2.05) is 16.9 Å². The first-order valence-electron chi connectivity index (χ1n) is 4.49. The van der Waals surface area contributed by atoms with Gasteiger partial charge in [0.15, 0.2) is 0 Å². The quantitative estimate of drug-likeness (QED) is 0.680. The zero-order valence-electron chi connectivity index (χ0n) is 7.64. The van der Waals surface area contributed by atoms with Crippen LogP contribution in [0.2, 0.25) is 0 Å². The van der Waals surface area contributed by atoms with Crippen molar-refractivity contribution in [3.05, 3.63) is 48.3 Å². The standard InChI is InChI=1S/C11H12N2/c1-2-10-4-6-11(7-5-10)13-9-3-8-12-13/h3-9H,2H2,1H3. The summed E-state index contributed by atoms with van der Waals surface area (Å²) < 4.78 is 1.86. The molecule has 0 bridgehead atoms. The van der Waals surface area contributed by atoms with E-state index in [0.717, 1.165) is 12.1 Å². The van der Waals surface area contributed by atoms with Crippen molar-refractivity contribution < 1.29 is 0 Å². The normalized spacial score (nSPS) is 10.2. The van der Waals surface area contributed by atoms with E-state index in [9.17, 15) is 0 Å². The number of nitrogens with zero attached hydrogens (tertiary/aromatic N) is 2. The molecule has 2 aromatic rings. The van der Waals surface area contributed by atoms with Crippen molar-refractivity contribution in [1.29, 1.82) is 0 Å². The molecule has 13 heavy (non-hydrogen) atoms. The van der Waals surface area contributed by atoms with Gasteiger partial charge in [-0.1, -0.05) is 19.1 Å². The van der Waals surface area contributed by atoms with Crippen LogP contribution in [0, 0.1) is 0 Å².